The third-order valence-electron chi connectivity index (χ3n) is 3.87. The van der Waals surface area contributed by atoms with E-state index in [-0.39, 0.29) is 17.7 Å². The summed E-state index contributed by atoms with van der Waals surface area (Å²) in [4.78, 5) is 27.8. The quantitative estimate of drug-likeness (QED) is 0.857. The molecule has 1 saturated heterocycles. The molecule has 1 aromatic carbocycles. The first-order valence-corrected chi connectivity index (χ1v) is 6.87. The number of hydrogen-bond acceptors (Lipinski definition) is 4. The Morgan fingerprint density at radius 2 is 2.10 bits per heavy atom. The molecule has 1 aliphatic rings. The van der Waals surface area contributed by atoms with Crippen LogP contribution in [0.15, 0.2) is 24.3 Å². The first-order valence-electron chi connectivity index (χ1n) is 6.87. The van der Waals surface area contributed by atoms with E-state index in [1.165, 1.54) is 0 Å². The summed E-state index contributed by atoms with van der Waals surface area (Å²) < 4.78 is 5.20. The number of imide groups is 1. The van der Waals surface area contributed by atoms with Gasteiger partial charge in [0.15, 0.2) is 0 Å². The van der Waals surface area contributed by atoms with Crippen molar-refractivity contribution < 1.29 is 14.3 Å². The van der Waals surface area contributed by atoms with E-state index in [1.807, 2.05) is 31.2 Å². The van der Waals surface area contributed by atoms with Crippen molar-refractivity contribution in [3.63, 3.8) is 0 Å². The van der Waals surface area contributed by atoms with Gasteiger partial charge < -0.3 is 4.74 Å². The number of carbonyl (C=O) groups excluding carboxylic acids is 2. The molecule has 108 valence electrons. The molecule has 0 saturated carbocycles. The van der Waals surface area contributed by atoms with Gasteiger partial charge in [0.1, 0.15) is 5.75 Å². The average Bonchev–Trinajstić information content (AvgIpc) is 2.46. The van der Waals surface area contributed by atoms with E-state index in [4.69, 9.17) is 4.74 Å². The molecule has 0 spiro atoms. The van der Waals surface area contributed by atoms with E-state index in [9.17, 15) is 9.59 Å². The smallest absolute Gasteiger partial charge is 0.234 e. The number of nitrogens with one attached hydrogen (secondary N) is 1. The number of ether oxygens (including phenoxy) is 1. The van der Waals surface area contributed by atoms with Crippen molar-refractivity contribution in [2.45, 2.75) is 25.7 Å². The van der Waals surface area contributed by atoms with E-state index < -0.39 is 0 Å². The fourth-order valence-corrected chi connectivity index (χ4v) is 2.73. The lowest BCUT2D eigenvalue weighted by atomic mass is 9.89. The maximum Gasteiger partial charge on any atom is 0.234 e. The Kier molecular flexibility index (Phi) is 3.33. The number of methoxy groups -OCH3 is 1. The van der Waals surface area contributed by atoms with Crippen molar-refractivity contribution in [3.8, 4) is 5.75 Å². The summed E-state index contributed by atoms with van der Waals surface area (Å²) in [5, 5.41) is 3.36. The number of aromatic nitrogens is 1. The van der Waals surface area contributed by atoms with Gasteiger partial charge in [-0.05, 0) is 37.1 Å². The van der Waals surface area contributed by atoms with Gasteiger partial charge in [0.25, 0.3) is 0 Å². The summed E-state index contributed by atoms with van der Waals surface area (Å²) >= 11 is 0. The Labute approximate surface area is 122 Å². The van der Waals surface area contributed by atoms with Crippen molar-refractivity contribution in [1.82, 2.24) is 10.3 Å². The number of amides is 2. The number of piperidine rings is 1. The fourth-order valence-electron chi connectivity index (χ4n) is 2.73. The van der Waals surface area contributed by atoms with Crippen LogP contribution in [0.5, 0.6) is 5.75 Å². The van der Waals surface area contributed by atoms with Crippen LogP contribution in [0.4, 0.5) is 0 Å². The number of carbonyl (C=O) groups is 2. The molecular weight excluding hydrogens is 268 g/mol. The number of hydrogen-bond donors (Lipinski definition) is 1. The molecular formula is C16H16N2O3. The molecule has 5 heteroatoms. The third-order valence-corrected chi connectivity index (χ3v) is 3.87. The Morgan fingerprint density at radius 1 is 1.29 bits per heavy atom. The molecule has 1 unspecified atom stereocenters. The van der Waals surface area contributed by atoms with Crippen molar-refractivity contribution in [2.24, 2.45) is 0 Å². The standard InChI is InChI=1S/C16H16N2O3/c1-9-13(12-5-6-15(19)18-16(12)20)7-10-3-4-11(21-2)8-14(10)17-9/h3-4,7-8,12H,5-6H2,1-2H3,(H,18,19,20). The molecule has 0 radical (unpaired) electrons. The van der Waals surface area contributed by atoms with Crippen molar-refractivity contribution in [2.75, 3.05) is 7.11 Å². The number of fused-ring (bicyclic) bond motifs is 1. The largest absolute Gasteiger partial charge is 0.497 e. The van der Waals surface area contributed by atoms with Crippen LogP contribution in [0.25, 0.3) is 10.9 Å². The van der Waals surface area contributed by atoms with E-state index in [1.54, 1.807) is 7.11 Å². The van der Waals surface area contributed by atoms with Crippen LogP contribution in [-0.4, -0.2) is 23.9 Å². The van der Waals surface area contributed by atoms with Gasteiger partial charge in [0.05, 0.1) is 18.5 Å². The van der Waals surface area contributed by atoms with Crippen LogP contribution in [0, 0.1) is 6.92 Å². The molecule has 5 nitrogen and oxygen atoms in total. The van der Waals surface area contributed by atoms with Gasteiger partial charge in [-0.3, -0.25) is 19.9 Å². The second-order valence-corrected chi connectivity index (χ2v) is 5.23. The maximum absolute atomic E-state index is 12.0. The van der Waals surface area contributed by atoms with Gasteiger partial charge in [0.2, 0.25) is 11.8 Å². The Hall–Kier alpha value is -2.43. The third kappa shape index (κ3) is 2.46. The summed E-state index contributed by atoms with van der Waals surface area (Å²) in [6.45, 7) is 1.89. The first-order chi connectivity index (χ1) is 10.1. The van der Waals surface area contributed by atoms with E-state index in [0.29, 0.717) is 12.8 Å². The molecule has 3 rings (SSSR count). The molecule has 1 N–H and O–H groups in total. The van der Waals surface area contributed by atoms with E-state index in [2.05, 4.69) is 10.3 Å². The highest BCUT2D eigenvalue weighted by molar-refractivity contribution is 6.01. The van der Waals surface area contributed by atoms with Crippen LogP contribution in [-0.2, 0) is 9.59 Å². The highest BCUT2D eigenvalue weighted by atomic mass is 16.5. The van der Waals surface area contributed by atoms with Gasteiger partial charge in [-0.2, -0.15) is 0 Å². The summed E-state index contributed by atoms with van der Waals surface area (Å²) in [6, 6.07) is 7.65. The molecule has 0 aliphatic carbocycles. The van der Waals surface area contributed by atoms with E-state index in [0.717, 1.165) is 27.9 Å². The highest BCUT2D eigenvalue weighted by Crippen LogP contribution is 2.30. The van der Waals surface area contributed by atoms with Crippen molar-refractivity contribution >= 4 is 22.7 Å². The van der Waals surface area contributed by atoms with E-state index >= 15 is 0 Å². The predicted octanol–water partition coefficient (Wildman–Crippen LogP) is 2.07. The first kappa shape index (κ1) is 13.5. The number of benzene rings is 1. The normalized spacial score (nSPS) is 18.7. The minimum absolute atomic E-state index is 0.201. The topological polar surface area (TPSA) is 68.3 Å². The van der Waals surface area contributed by atoms with Crippen molar-refractivity contribution in [3.05, 3.63) is 35.5 Å². The Morgan fingerprint density at radius 3 is 2.81 bits per heavy atom. The summed E-state index contributed by atoms with van der Waals surface area (Å²) in [5.41, 5.74) is 2.53. The van der Waals surface area contributed by atoms with Gasteiger partial charge in [0, 0.05) is 23.6 Å². The fraction of sp³-hybridized carbons (Fsp3) is 0.312. The molecule has 21 heavy (non-hydrogen) atoms. The second kappa shape index (κ2) is 5.16. The lowest BCUT2D eigenvalue weighted by molar-refractivity contribution is -0.134. The zero-order valence-corrected chi connectivity index (χ0v) is 12.0. The van der Waals surface area contributed by atoms with Crippen LogP contribution < -0.4 is 10.1 Å². The molecule has 0 bridgehead atoms. The summed E-state index contributed by atoms with van der Waals surface area (Å²) in [7, 11) is 1.62. The molecule has 2 amide bonds. The lowest BCUT2D eigenvalue weighted by Crippen LogP contribution is -2.39. The van der Waals surface area contributed by atoms with Crippen LogP contribution in [0.2, 0.25) is 0 Å². The van der Waals surface area contributed by atoms with Gasteiger partial charge in [-0.15, -0.1) is 0 Å². The minimum Gasteiger partial charge on any atom is -0.497 e. The molecule has 1 aromatic heterocycles. The SMILES string of the molecule is COc1ccc2cc(C3CCC(=O)NC3=O)c(C)nc2c1. The number of aryl methyl sites for hydroxylation is 1. The lowest BCUT2D eigenvalue weighted by Gasteiger charge is -2.22. The number of nitrogens with zero attached hydrogens (tertiary/aromatic N) is 1. The molecule has 2 heterocycles. The second-order valence-electron chi connectivity index (χ2n) is 5.23. The number of pyridine rings is 1. The monoisotopic (exact) mass is 284 g/mol. The zero-order valence-electron chi connectivity index (χ0n) is 12.0. The Bertz CT molecular complexity index is 740. The van der Waals surface area contributed by atoms with Gasteiger partial charge in [-0.25, -0.2) is 0 Å². The maximum atomic E-state index is 12.0. The van der Waals surface area contributed by atoms with Crippen LogP contribution in [0.1, 0.15) is 30.0 Å². The zero-order chi connectivity index (χ0) is 15.0. The Balaban J connectivity index is 2.05. The predicted molar refractivity (Wildman–Crippen MR) is 78.2 cm³/mol. The summed E-state index contributed by atoms with van der Waals surface area (Å²) in [5.74, 6) is 0.0151. The van der Waals surface area contributed by atoms with Crippen molar-refractivity contribution in [1.29, 1.82) is 0 Å². The van der Waals surface area contributed by atoms with Gasteiger partial charge in [-0.1, -0.05) is 0 Å². The van der Waals surface area contributed by atoms with Crippen LogP contribution >= 0.6 is 0 Å². The summed E-state index contributed by atoms with van der Waals surface area (Å²) in [6.07, 6.45) is 0.908. The highest BCUT2D eigenvalue weighted by Gasteiger charge is 2.29. The minimum atomic E-state index is -0.304. The molecule has 1 aliphatic heterocycles. The van der Waals surface area contributed by atoms with Gasteiger partial charge >= 0.3 is 0 Å². The molecule has 1 fully saturated rings. The molecule has 2 aromatic rings. The molecule has 1 atom stereocenters. The number of rotatable bonds is 2. The van der Waals surface area contributed by atoms with Crippen LogP contribution in [0.3, 0.4) is 0 Å². The average molecular weight is 284 g/mol.